The Hall–Kier alpha value is -3.17. The van der Waals surface area contributed by atoms with Gasteiger partial charge in [0.15, 0.2) is 0 Å². The normalized spacial score (nSPS) is 10.2. The number of hydrogen-bond donors (Lipinski definition) is 1. The fourth-order valence-corrected chi connectivity index (χ4v) is 3.87. The molecule has 0 unspecified atom stereocenters. The standard InChI is InChI=1S/C27H29N5O3.3ClH/c1-31-25-7-6-24(18-22(25)5-8-26(31)33)35-17-3-15-32(20-21-9-12-28-13-10-21)16-14-30-27(34)23-4-2-11-29-19-23;;;/h2,4-13,18-19H,3,14-17,20H2,1H3,(H,30,34);3*1H. The first kappa shape index (κ1) is 32.9. The maximum atomic E-state index is 12.3. The summed E-state index contributed by atoms with van der Waals surface area (Å²) in [7, 11) is 1.77. The quantitative estimate of drug-likeness (QED) is 0.266. The van der Waals surface area contributed by atoms with E-state index in [9.17, 15) is 9.59 Å². The van der Waals surface area contributed by atoms with Crippen molar-refractivity contribution in [3.05, 3.63) is 101 Å². The zero-order chi connectivity index (χ0) is 24.5. The third-order valence-corrected chi connectivity index (χ3v) is 5.78. The molecule has 0 aliphatic rings. The fraction of sp³-hybridized carbons (Fsp3) is 0.259. The second-order valence-electron chi connectivity index (χ2n) is 8.28. The number of aryl methyl sites for hydroxylation is 1. The predicted molar refractivity (Wildman–Crippen MR) is 157 cm³/mol. The van der Waals surface area contributed by atoms with E-state index < -0.39 is 0 Å². The van der Waals surface area contributed by atoms with Gasteiger partial charge in [0.2, 0.25) is 0 Å². The first-order chi connectivity index (χ1) is 17.1. The van der Waals surface area contributed by atoms with E-state index in [2.05, 4.69) is 20.2 Å². The molecule has 0 fully saturated rings. The van der Waals surface area contributed by atoms with Gasteiger partial charge >= 0.3 is 0 Å². The minimum absolute atomic E-state index is 0. The monoisotopic (exact) mass is 579 g/mol. The molecule has 0 aliphatic carbocycles. The van der Waals surface area contributed by atoms with Gasteiger partial charge in [0.25, 0.3) is 11.5 Å². The van der Waals surface area contributed by atoms with Crippen molar-refractivity contribution in [1.82, 2.24) is 24.8 Å². The highest BCUT2D eigenvalue weighted by Crippen LogP contribution is 2.19. The number of hydrogen-bond acceptors (Lipinski definition) is 6. The minimum Gasteiger partial charge on any atom is -0.494 e. The van der Waals surface area contributed by atoms with E-state index in [1.807, 2.05) is 36.4 Å². The number of benzene rings is 1. The summed E-state index contributed by atoms with van der Waals surface area (Å²) in [6.07, 6.45) is 7.61. The molecule has 3 heterocycles. The van der Waals surface area contributed by atoms with Crippen LogP contribution in [0.4, 0.5) is 0 Å². The molecule has 0 radical (unpaired) electrons. The SMILES string of the molecule is Cl.Cl.Cl.Cn1c(=O)ccc2cc(OCCCN(CCNC(=O)c3cccnc3)Cc3ccncc3)ccc21. The van der Waals surface area contributed by atoms with Crippen molar-refractivity contribution in [1.29, 1.82) is 0 Å². The van der Waals surface area contributed by atoms with Crippen molar-refractivity contribution in [2.45, 2.75) is 13.0 Å². The van der Waals surface area contributed by atoms with Crippen molar-refractivity contribution in [2.24, 2.45) is 7.05 Å². The maximum Gasteiger partial charge on any atom is 0.252 e. The summed E-state index contributed by atoms with van der Waals surface area (Å²) in [5.74, 6) is 0.652. The molecule has 0 aliphatic heterocycles. The number of pyridine rings is 3. The van der Waals surface area contributed by atoms with E-state index in [0.717, 1.165) is 36.2 Å². The number of halogens is 3. The third kappa shape index (κ3) is 9.29. The molecular weight excluding hydrogens is 549 g/mol. The molecule has 3 aromatic heterocycles. The largest absolute Gasteiger partial charge is 0.494 e. The van der Waals surface area contributed by atoms with E-state index in [-0.39, 0.29) is 48.7 Å². The zero-order valence-electron chi connectivity index (χ0n) is 21.0. The lowest BCUT2D eigenvalue weighted by Gasteiger charge is -2.22. The number of ether oxygens (including phenoxy) is 1. The van der Waals surface area contributed by atoms with Gasteiger partial charge in [-0.3, -0.25) is 24.5 Å². The average Bonchev–Trinajstić information content (AvgIpc) is 2.89. The van der Waals surface area contributed by atoms with Crippen LogP contribution in [0, 0.1) is 0 Å². The minimum atomic E-state index is -0.126. The summed E-state index contributed by atoms with van der Waals surface area (Å²) in [5.41, 5.74) is 2.57. The number of carbonyl (C=O) groups excluding carboxylic acids is 1. The molecular formula is C27H32Cl3N5O3. The van der Waals surface area contributed by atoms with Crippen LogP contribution < -0.4 is 15.6 Å². The van der Waals surface area contributed by atoms with Crippen LogP contribution in [0.1, 0.15) is 22.3 Å². The van der Waals surface area contributed by atoms with Crippen molar-refractivity contribution in [3.8, 4) is 5.75 Å². The number of rotatable bonds is 11. The van der Waals surface area contributed by atoms with Crippen LogP contribution >= 0.6 is 37.2 Å². The smallest absolute Gasteiger partial charge is 0.252 e. The predicted octanol–water partition coefficient (Wildman–Crippen LogP) is 4.30. The summed E-state index contributed by atoms with van der Waals surface area (Å²) < 4.78 is 7.61. The van der Waals surface area contributed by atoms with E-state index in [4.69, 9.17) is 4.74 Å². The molecule has 11 heteroatoms. The molecule has 0 saturated carbocycles. The molecule has 204 valence electrons. The lowest BCUT2D eigenvalue weighted by Crippen LogP contribution is -2.35. The number of amides is 1. The Morgan fingerprint density at radius 3 is 2.50 bits per heavy atom. The molecule has 0 saturated heterocycles. The van der Waals surface area contributed by atoms with Crippen LogP contribution in [0.25, 0.3) is 10.9 Å². The molecule has 1 amide bonds. The number of nitrogens with one attached hydrogen (secondary N) is 1. The topological polar surface area (TPSA) is 89.4 Å². The molecule has 1 aromatic carbocycles. The van der Waals surface area contributed by atoms with Crippen LogP contribution in [0.2, 0.25) is 0 Å². The van der Waals surface area contributed by atoms with Gasteiger partial charge in [-0.05, 0) is 60.5 Å². The summed E-state index contributed by atoms with van der Waals surface area (Å²) >= 11 is 0. The summed E-state index contributed by atoms with van der Waals surface area (Å²) in [6, 6.07) is 16.6. The van der Waals surface area contributed by atoms with Crippen molar-refractivity contribution in [2.75, 3.05) is 26.2 Å². The lowest BCUT2D eigenvalue weighted by molar-refractivity contribution is 0.0946. The zero-order valence-corrected chi connectivity index (χ0v) is 23.4. The van der Waals surface area contributed by atoms with Crippen LogP contribution in [0.3, 0.4) is 0 Å². The third-order valence-electron chi connectivity index (χ3n) is 5.78. The second kappa shape index (κ2) is 16.6. The van der Waals surface area contributed by atoms with E-state index in [0.29, 0.717) is 25.3 Å². The van der Waals surface area contributed by atoms with Crippen LogP contribution in [-0.2, 0) is 13.6 Å². The molecule has 4 rings (SSSR count). The van der Waals surface area contributed by atoms with Gasteiger partial charge < -0.3 is 14.6 Å². The molecule has 0 atom stereocenters. The van der Waals surface area contributed by atoms with E-state index in [1.54, 1.807) is 54.6 Å². The number of aromatic nitrogens is 3. The Balaban J connectivity index is 0.00000241. The van der Waals surface area contributed by atoms with Crippen LogP contribution in [0.5, 0.6) is 5.75 Å². The van der Waals surface area contributed by atoms with E-state index in [1.165, 1.54) is 5.56 Å². The van der Waals surface area contributed by atoms with Crippen LogP contribution in [-0.4, -0.2) is 51.6 Å². The summed E-state index contributed by atoms with van der Waals surface area (Å²) in [6.45, 7) is 3.37. The maximum absolute atomic E-state index is 12.3. The average molecular weight is 581 g/mol. The van der Waals surface area contributed by atoms with Gasteiger partial charge in [0.05, 0.1) is 17.7 Å². The second-order valence-corrected chi connectivity index (χ2v) is 8.28. The Kier molecular flexibility index (Phi) is 14.4. The Bertz CT molecular complexity index is 1320. The highest BCUT2D eigenvalue weighted by molar-refractivity contribution is 5.93. The molecule has 0 spiro atoms. The van der Waals surface area contributed by atoms with Gasteiger partial charge in [-0.25, -0.2) is 0 Å². The van der Waals surface area contributed by atoms with Gasteiger partial charge in [-0.15, -0.1) is 37.2 Å². The summed E-state index contributed by atoms with van der Waals surface area (Å²) in [4.78, 5) is 34.5. The van der Waals surface area contributed by atoms with E-state index >= 15 is 0 Å². The number of nitrogens with zero attached hydrogens (tertiary/aromatic N) is 4. The molecule has 0 bridgehead atoms. The highest BCUT2D eigenvalue weighted by Gasteiger charge is 2.09. The molecule has 1 N–H and O–H groups in total. The van der Waals surface area contributed by atoms with Crippen molar-refractivity contribution >= 4 is 54.0 Å². The van der Waals surface area contributed by atoms with Gasteiger partial charge in [0.1, 0.15) is 5.75 Å². The Morgan fingerprint density at radius 1 is 0.974 bits per heavy atom. The number of carbonyl (C=O) groups is 1. The summed E-state index contributed by atoms with van der Waals surface area (Å²) in [5, 5.41) is 3.93. The first-order valence-corrected chi connectivity index (χ1v) is 11.6. The molecule has 4 aromatic rings. The van der Waals surface area contributed by atoms with Crippen molar-refractivity contribution < 1.29 is 9.53 Å². The van der Waals surface area contributed by atoms with Crippen molar-refractivity contribution in [3.63, 3.8) is 0 Å². The molecule has 38 heavy (non-hydrogen) atoms. The van der Waals surface area contributed by atoms with Crippen LogP contribution in [0.15, 0.2) is 84.2 Å². The highest BCUT2D eigenvalue weighted by atomic mass is 35.5. The Labute approximate surface area is 240 Å². The lowest BCUT2D eigenvalue weighted by atomic mass is 10.2. The van der Waals surface area contributed by atoms with Gasteiger partial charge in [-0.1, -0.05) is 0 Å². The Morgan fingerprint density at radius 2 is 1.76 bits per heavy atom. The fourth-order valence-electron chi connectivity index (χ4n) is 3.87. The molecule has 8 nitrogen and oxygen atoms in total. The number of fused-ring (bicyclic) bond motifs is 1. The van der Waals surface area contributed by atoms with Gasteiger partial charge in [0, 0.05) is 69.5 Å². The first-order valence-electron chi connectivity index (χ1n) is 11.6. The van der Waals surface area contributed by atoms with Gasteiger partial charge in [-0.2, -0.15) is 0 Å².